The number of aryl methyl sites for hydroxylation is 1. The Hall–Kier alpha value is -3.05. The van der Waals surface area contributed by atoms with Crippen molar-refractivity contribution in [1.82, 2.24) is 10.6 Å². The normalized spacial score (nSPS) is 12.2. The second-order valence-corrected chi connectivity index (χ2v) is 6.83. The second-order valence-electron chi connectivity index (χ2n) is 6.83. The highest BCUT2D eigenvalue weighted by Crippen LogP contribution is 2.27. The summed E-state index contributed by atoms with van der Waals surface area (Å²) in [4.78, 5) is 12.9. The quantitative estimate of drug-likeness (QED) is 0.536. The fourth-order valence-electron chi connectivity index (χ4n) is 3.18. The van der Waals surface area contributed by atoms with E-state index in [-0.39, 0.29) is 11.9 Å². The first-order valence-corrected chi connectivity index (χ1v) is 9.82. The molecule has 0 fully saturated rings. The van der Waals surface area contributed by atoms with Gasteiger partial charge in [0, 0.05) is 18.8 Å². The zero-order chi connectivity index (χ0) is 21.2. The summed E-state index contributed by atoms with van der Waals surface area (Å²) < 4.78 is 5.47. The Balaban J connectivity index is 2.28. The molecule has 0 aliphatic carbocycles. The first kappa shape index (κ1) is 22.2. The van der Waals surface area contributed by atoms with E-state index in [0.717, 1.165) is 40.9 Å². The molecule has 0 unspecified atom stereocenters. The molecule has 2 aromatic carbocycles. The molecule has 0 saturated carbocycles. The van der Waals surface area contributed by atoms with Gasteiger partial charge in [0.1, 0.15) is 5.75 Å². The van der Waals surface area contributed by atoms with Crippen molar-refractivity contribution in [2.24, 2.45) is 5.73 Å². The number of hydrogen-bond acceptors (Lipinski definition) is 4. The lowest BCUT2D eigenvalue weighted by Crippen LogP contribution is -2.27. The molecule has 2 rings (SSSR count). The van der Waals surface area contributed by atoms with Gasteiger partial charge < -0.3 is 21.1 Å². The van der Waals surface area contributed by atoms with E-state index >= 15 is 0 Å². The maximum atomic E-state index is 12.9. The van der Waals surface area contributed by atoms with Gasteiger partial charge in [0.15, 0.2) is 0 Å². The zero-order valence-electron chi connectivity index (χ0n) is 17.5. The van der Waals surface area contributed by atoms with E-state index in [1.54, 1.807) is 13.2 Å². The number of rotatable bonds is 10. The smallest absolute Gasteiger partial charge is 0.252 e. The summed E-state index contributed by atoms with van der Waals surface area (Å²) in [6.07, 6.45) is 5.30. The summed E-state index contributed by atoms with van der Waals surface area (Å²) in [6.45, 7) is 6.45. The number of benzene rings is 2. The van der Waals surface area contributed by atoms with Crippen LogP contribution in [0.2, 0.25) is 0 Å². The van der Waals surface area contributed by atoms with Crippen molar-refractivity contribution in [3.63, 3.8) is 0 Å². The van der Waals surface area contributed by atoms with E-state index < -0.39 is 0 Å². The molecule has 154 valence electrons. The SMILES string of the molecule is C=C/C(=C\NC)c1cc(OC)cc([C@@H](C)NC(=O)c2ccccc2CCCN)c1. The summed E-state index contributed by atoms with van der Waals surface area (Å²) in [5.74, 6) is 0.634. The fourth-order valence-corrected chi connectivity index (χ4v) is 3.18. The third-order valence-electron chi connectivity index (χ3n) is 4.78. The maximum Gasteiger partial charge on any atom is 0.252 e. The van der Waals surface area contributed by atoms with Gasteiger partial charge in [0.25, 0.3) is 5.91 Å². The minimum Gasteiger partial charge on any atom is -0.497 e. The van der Waals surface area contributed by atoms with Gasteiger partial charge in [-0.1, -0.05) is 30.9 Å². The molecular formula is C24H31N3O2. The lowest BCUT2D eigenvalue weighted by molar-refractivity contribution is 0.0939. The summed E-state index contributed by atoms with van der Waals surface area (Å²) >= 11 is 0. The van der Waals surface area contributed by atoms with E-state index in [9.17, 15) is 4.79 Å². The largest absolute Gasteiger partial charge is 0.497 e. The summed E-state index contributed by atoms with van der Waals surface area (Å²) in [6, 6.07) is 13.4. The van der Waals surface area contributed by atoms with Crippen LogP contribution >= 0.6 is 0 Å². The van der Waals surface area contributed by atoms with Gasteiger partial charge >= 0.3 is 0 Å². The molecule has 1 atom stereocenters. The van der Waals surface area contributed by atoms with Gasteiger partial charge in [-0.2, -0.15) is 0 Å². The molecule has 5 heteroatoms. The lowest BCUT2D eigenvalue weighted by Gasteiger charge is -2.18. The number of methoxy groups -OCH3 is 1. The van der Waals surface area contributed by atoms with Gasteiger partial charge in [-0.25, -0.2) is 0 Å². The van der Waals surface area contributed by atoms with E-state index in [2.05, 4.69) is 17.2 Å². The van der Waals surface area contributed by atoms with Crippen LogP contribution in [0, 0.1) is 0 Å². The minimum atomic E-state index is -0.195. The fraction of sp³-hybridized carbons (Fsp3) is 0.292. The van der Waals surface area contributed by atoms with Crippen LogP contribution in [0.15, 0.2) is 61.3 Å². The van der Waals surface area contributed by atoms with Crippen molar-refractivity contribution in [2.75, 3.05) is 20.7 Å². The predicted octanol–water partition coefficient (Wildman–Crippen LogP) is 3.82. The van der Waals surface area contributed by atoms with Crippen molar-refractivity contribution in [1.29, 1.82) is 0 Å². The third-order valence-corrected chi connectivity index (χ3v) is 4.78. The molecule has 0 saturated heterocycles. The molecule has 0 bridgehead atoms. The first-order valence-electron chi connectivity index (χ1n) is 9.82. The second kappa shape index (κ2) is 11.1. The monoisotopic (exact) mass is 393 g/mol. The number of amides is 1. The number of ether oxygens (including phenoxy) is 1. The van der Waals surface area contributed by atoms with Crippen LogP contribution < -0.4 is 21.1 Å². The number of nitrogens with two attached hydrogens (primary N) is 1. The Morgan fingerprint density at radius 3 is 2.69 bits per heavy atom. The maximum absolute atomic E-state index is 12.9. The van der Waals surface area contributed by atoms with Crippen LogP contribution in [0.25, 0.3) is 5.57 Å². The van der Waals surface area contributed by atoms with Crippen LogP contribution in [-0.4, -0.2) is 26.6 Å². The van der Waals surface area contributed by atoms with Crippen molar-refractivity contribution >= 4 is 11.5 Å². The highest BCUT2D eigenvalue weighted by molar-refractivity contribution is 5.96. The highest BCUT2D eigenvalue weighted by Gasteiger charge is 2.16. The molecule has 29 heavy (non-hydrogen) atoms. The Morgan fingerprint density at radius 2 is 2.03 bits per heavy atom. The molecule has 0 radical (unpaired) electrons. The Morgan fingerprint density at radius 1 is 1.28 bits per heavy atom. The van der Waals surface area contributed by atoms with Crippen molar-refractivity contribution in [2.45, 2.75) is 25.8 Å². The van der Waals surface area contributed by atoms with Gasteiger partial charge in [-0.3, -0.25) is 4.79 Å². The minimum absolute atomic E-state index is 0.0933. The van der Waals surface area contributed by atoms with Gasteiger partial charge in [0.05, 0.1) is 13.2 Å². The van der Waals surface area contributed by atoms with E-state index in [0.29, 0.717) is 12.1 Å². The Labute approximate surface area is 173 Å². The van der Waals surface area contributed by atoms with Crippen molar-refractivity contribution < 1.29 is 9.53 Å². The number of carbonyl (C=O) groups is 1. The average molecular weight is 394 g/mol. The number of carbonyl (C=O) groups excluding carboxylic acids is 1. The molecule has 0 aromatic heterocycles. The van der Waals surface area contributed by atoms with E-state index in [4.69, 9.17) is 10.5 Å². The molecule has 0 aliphatic rings. The van der Waals surface area contributed by atoms with Crippen LogP contribution in [-0.2, 0) is 6.42 Å². The number of allylic oxidation sites excluding steroid dienone is 2. The molecule has 0 aliphatic heterocycles. The molecule has 0 heterocycles. The molecule has 1 amide bonds. The van der Waals surface area contributed by atoms with E-state index in [1.165, 1.54) is 0 Å². The van der Waals surface area contributed by atoms with Crippen LogP contribution in [0.4, 0.5) is 0 Å². The predicted molar refractivity (Wildman–Crippen MR) is 120 cm³/mol. The third kappa shape index (κ3) is 5.96. The molecule has 0 spiro atoms. The lowest BCUT2D eigenvalue weighted by atomic mass is 9.98. The number of nitrogens with one attached hydrogen (secondary N) is 2. The van der Waals surface area contributed by atoms with Crippen LogP contribution in [0.1, 0.15) is 46.4 Å². The topological polar surface area (TPSA) is 76.4 Å². The van der Waals surface area contributed by atoms with E-state index in [1.807, 2.05) is 62.6 Å². The molecule has 5 nitrogen and oxygen atoms in total. The molecular weight excluding hydrogens is 362 g/mol. The van der Waals surface area contributed by atoms with Crippen LogP contribution in [0.3, 0.4) is 0 Å². The zero-order valence-corrected chi connectivity index (χ0v) is 17.5. The van der Waals surface area contributed by atoms with Crippen molar-refractivity contribution in [3.05, 3.63) is 83.6 Å². The van der Waals surface area contributed by atoms with Gasteiger partial charge in [0.2, 0.25) is 0 Å². The molecule has 4 N–H and O–H groups in total. The number of hydrogen-bond donors (Lipinski definition) is 3. The standard InChI is InChI=1S/C24H31N3O2/c1-5-18(16-26-3)21-13-20(14-22(15-21)29-4)17(2)27-24(28)23-11-7-6-9-19(23)10-8-12-25/h5-7,9,11,13-17,26H,1,8,10,12,25H2,2-4H3,(H,27,28)/b18-16+/t17-/m1/s1. The Kier molecular flexibility index (Phi) is 8.49. The summed E-state index contributed by atoms with van der Waals surface area (Å²) in [7, 11) is 3.48. The van der Waals surface area contributed by atoms with Crippen LogP contribution in [0.5, 0.6) is 5.75 Å². The van der Waals surface area contributed by atoms with Gasteiger partial charge in [-0.15, -0.1) is 0 Å². The highest BCUT2D eigenvalue weighted by atomic mass is 16.5. The molecule has 2 aromatic rings. The Bertz CT molecular complexity index is 874. The van der Waals surface area contributed by atoms with Crippen molar-refractivity contribution in [3.8, 4) is 5.75 Å². The van der Waals surface area contributed by atoms with Gasteiger partial charge in [-0.05, 0) is 72.8 Å². The summed E-state index contributed by atoms with van der Waals surface area (Å²) in [5.41, 5.74) is 10.2. The average Bonchev–Trinajstić information content (AvgIpc) is 2.75. The summed E-state index contributed by atoms with van der Waals surface area (Å²) in [5, 5.41) is 6.14. The first-order chi connectivity index (χ1) is 14.0.